The number of alkyl halides is 3. The average Bonchev–Trinajstić information content (AvgIpc) is 2.44. The van der Waals surface area contributed by atoms with Gasteiger partial charge in [-0.3, -0.25) is 9.36 Å². The second-order valence-corrected chi connectivity index (χ2v) is 8.77. The van der Waals surface area contributed by atoms with E-state index in [4.69, 9.17) is 43.9 Å². The summed E-state index contributed by atoms with van der Waals surface area (Å²) in [5.74, 6) is -1.88. The van der Waals surface area contributed by atoms with Gasteiger partial charge in [0.15, 0.2) is 5.78 Å². The van der Waals surface area contributed by atoms with Crippen LogP contribution < -0.4 is 5.32 Å². The summed E-state index contributed by atoms with van der Waals surface area (Å²) >= 11 is 17.3. The van der Waals surface area contributed by atoms with Crippen molar-refractivity contribution in [2.24, 2.45) is 0 Å². The fourth-order valence-corrected chi connectivity index (χ4v) is 4.08. The molecule has 0 aliphatic carbocycles. The van der Waals surface area contributed by atoms with Crippen molar-refractivity contribution in [2.75, 3.05) is 14.2 Å². The summed E-state index contributed by atoms with van der Waals surface area (Å²) in [7, 11) is -1.50. The minimum Gasteiger partial charge on any atom is -0.338 e. The Bertz CT molecular complexity index is 513. The quantitative estimate of drug-likeness (QED) is 0.611. The standard InChI is InChI=1S/C12H15Cl3NO4P/c1-19-21(18,20-2)11(12(13,14)15)16-10(17)8-9-6-4-3-5-7-9/h3-7,11H,8H2,1-2H3,(H,16,17). The predicted octanol–water partition coefficient (Wildman–Crippen LogP) is 3.53. The first-order chi connectivity index (χ1) is 9.73. The van der Waals surface area contributed by atoms with Crippen LogP contribution in [0.1, 0.15) is 5.56 Å². The van der Waals surface area contributed by atoms with Crippen molar-refractivity contribution in [3.8, 4) is 0 Å². The second-order valence-electron chi connectivity index (χ2n) is 4.08. The second kappa shape index (κ2) is 7.82. The van der Waals surface area contributed by atoms with Crippen molar-refractivity contribution in [1.29, 1.82) is 0 Å². The maximum Gasteiger partial charge on any atom is 0.356 e. The number of nitrogens with one attached hydrogen (secondary N) is 1. The van der Waals surface area contributed by atoms with E-state index in [1.807, 2.05) is 6.07 Å². The number of amides is 1. The maximum absolute atomic E-state index is 12.4. The molecule has 0 fully saturated rings. The Labute approximate surface area is 138 Å². The van der Waals surface area contributed by atoms with Crippen LogP contribution in [0.15, 0.2) is 30.3 Å². The molecule has 1 amide bonds. The van der Waals surface area contributed by atoms with E-state index in [0.717, 1.165) is 19.8 Å². The Kier molecular flexibility index (Phi) is 6.98. The Morgan fingerprint density at radius 1 is 1.24 bits per heavy atom. The lowest BCUT2D eigenvalue weighted by Gasteiger charge is -2.30. The van der Waals surface area contributed by atoms with Crippen LogP contribution in [-0.4, -0.2) is 29.7 Å². The van der Waals surface area contributed by atoms with E-state index in [1.54, 1.807) is 24.3 Å². The minimum atomic E-state index is -3.80. The largest absolute Gasteiger partial charge is 0.356 e. The molecule has 0 saturated heterocycles. The normalized spacial score (nSPS) is 13.8. The molecule has 0 aromatic heterocycles. The Morgan fingerprint density at radius 2 is 1.76 bits per heavy atom. The van der Waals surface area contributed by atoms with Crippen molar-refractivity contribution in [3.05, 3.63) is 35.9 Å². The molecule has 1 N–H and O–H groups in total. The molecule has 5 nitrogen and oxygen atoms in total. The number of hydrogen-bond acceptors (Lipinski definition) is 4. The summed E-state index contributed by atoms with van der Waals surface area (Å²) in [5.41, 5.74) is 0.766. The van der Waals surface area contributed by atoms with Gasteiger partial charge in [-0.25, -0.2) is 0 Å². The molecular formula is C12H15Cl3NO4P. The van der Waals surface area contributed by atoms with Gasteiger partial charge < -0.3 is 14.4 Å². The first-order valence-electron chi connectivity index (χ1n) is 5.84. The molecule has 0 aliphatic rings. The Hall–Kier alpha value is -0.290. The molecule has 0 bridgehead atoms. The SMILES string of the molecule is COP(=O)(OC)C(NC(=O)Cc1ccccc1)C(Cl)(Cl)Cl. The van der Waals surface area contributed by atoms with E-state index in [2.05, 4.69) is 5.32 Å². The molecular weight excluding hydrogens is 359 g/mol. The third-order valence-corrected chi connectivity index (χ3v) is 5.92. The van der Waals surface area contributed by atoms with Crippen molar-refractivity contribution < 1.29 is 18.4 Å². The van der Waals surface area contributed by atoms with Crippen LogP contribution in [0.4, 0.5) is 0 Å². The van der Waals surface area contributed by atoms with E-state index < -0.39 is 23.1 Å². The topological polar surface area (TPSA) is 64.6 Å². The third-order valence-electron chi connectivity index (χ3n) is 2.64. The van der Waals surface area contributed by atoms with Gasteiger partial charge in [-0.2, -0.15) is 0 Å². The van der Waals surface area contributed by atoms with E-state index in [-0.39, 0.29) is 6.42 Å². The lowest BCUT2D eigenvalue weighted by atomic mass is 10.1. The molecule has 0 aliphatic heterocycles. The van der Waals surface area contributed by atoms with Crippen LogP contribution in [-0.2, 0) is 24.8 Å². The van der Waals surface area contributed by atoms with Crippen molar-refractivity contribution in [2.45, 2.75) is 16.0 Å². The number of halogens is 3. The average molecular weight is 375 g/mol. The molecule has 0 radical (unpaired) electrons. The molecule has 1 rings (SSSR count). The summed E-state index contributed by atoms with van der Waals surface area (Å²) in [4.78, 5) is 12.0. The molecule has 1 aromatic rings. The minimum absolute atomic E-state index is 0.0471. The molecule has 1 unspecified atom stereocenters. The van der Waals surface area contributed by atoms with Gasteiger partial charge >= 0.3 is 7.60 Å². The summed E-state index contributed by atoms with van der Waals surface area (Å²) in [6.07, 6.45) is 0.0471. The van der Waals surface area contributed by atoms with Gasteiger partial charge in [0.25, 0.3) is 0 Å². The number of rotatable bonds is 6. The van der Waals surface area contributed by atoms with Gasteiger partial charge in [-0.15, -0.1) is 0 Å². The maximum atomic E-state index is 12.4. The Balaban J connectivity index is 2.88. The van der Waals surface area contributed by atoms with Gasteiger partial charge in [0.05, 0.1) is 6.42 Å². The van der Waals surface area contributed by atoms with Crippen molar-refractivity contribution >= 4 is 48.3 Å². The van der Waals surface area contributed by atoms with Crippen molar-refractivity contribution in [1.82, 2.24) is 5.32 Å². The van der Waals surface area contributed by atoms with Crippen molar-refractivity contribution in [3.63, 3.8) is 0 Å². The van der Waals surface area contributed by atoms with Crippen LogP contribution in [0.25, 0.3) is 0 Å². The molecule has 21 heavy (non-hydrogen) atoms. The summed E-state index contributed by atoms with van der Waals surface area (Å²) in [5, 5.41) is 2.40. The molecule has 0 saturated carbocycles. The van der Waals surface area contributed by atoms with Gasteiger partial charge in [0.1, 0.15) is 0 Å². The van der Waals surface area contributed by atoms with Crippen LogP contribution in [0.3, 0.4) is 0 Å². The fourth-order valence-electron chi connectivity index (χ4n) is 1.61. The summed E-state index contributed by atoms with van der Waals surface area (Å²) in [6, 6.07) is 8.97. The first-order valence-corrected chi connectivity index (χ1v) is 8.58. The molecule has 118 valence electrons. The highest BCUT2D eigenvalue weighted by molar-refractivity contribution is 7.55. The third kappa shape index (κ3) is 5.44. The molecule has 1 atom stereocenters. The van der Waals surface area contributed by atoms with E-state index >= 15 is 0 Å². The number of hydrogen-bond donors (Lipinski definition) is 1. The molecule has 1 aromatic carbocycles. The number of benzene rings is 1. The number of carbonyl (C=O) groups is 1. The summed E-state index contributed by atoms with van der Waals surface area (Å²) < 4.78 is 19.9. The van der Waals surface area contributed by atoms with E-state index in [0.29, 0.717) is 0 Å². The highest BCUT2D eigenvalue weighted by Gasteiger charge is 2.48. The Morgan fingerprint density at radius 3 is 2.19 bits per heavy atom. The zero-order chi connectivity index (χ0) is 16.1. The lowest BCUT2D eigenvalue weighted by molar-refractivity contribution is -0.120. The van der Waals surface area contributed by atoms with Gasteiger partial charge in [0.2, 0.25) is 9.70 Å². The first kappa shape index (κ1) is 18.8. The number of carbonyl (C=O) groups excluding carboxylic acids is 1. The summed E-state index contributed by atoms with van der Waals surface area (Å²) in [6.45, 7) is 0. The fraction of sp³-hybridized carbons (Fsp3) is 0.417. The molecule has 0 heterocycles. The van der Waals surface area contributed by atoms with E-state index in [1.165, 1.54) is 0 Å². The zero-order valence-corrected chi connectivity index (χ0v) is 14.5. The monoisotopic (exact) mass is 373 g/mol. The van der Waals surface area contributed by atoms with Gasteiger partial charge in [0, 0.05) is 14.2 Å². The predicted molar refractivity (Wildman–Crippen MR) is 84.0 cm³/mol. The lowest BCUT2D eigenvalue weighted by Crippen LogP contribution is -2.44. The van der Waals surface area contributed by atoms with Crippen LogP contribution >= 0.6 is 42.4 Å². The van der Waals surface area contributed by atoms with Crippen LogP contribution in [0.2, 0.25) is 0 Å². The molecule has 9 heteroatoms. The zero-order valence-electron chi connectivity index (χ0n) is 11.4. The van der Waals surface area contributed by atoms with Gasteiger partial charge in [-0.1, -0.05) is 65.1 Å². The molecule has 0 spiro atoms. The van der Waals surface area contributed by atoms with Crippen LogP contribution in [0, 0.1) is 0 Å². The van der Waals surface area contributed by atoms with E-state index in [9.17, 15) is 9.36 Å². The van der Waals surface area contributed by atoms with Crippen LogP contribution in [0.5, 0.6) is 0 Å². The smallest absolute Gasteiger partial charge is 0.338 e. The van der Waals surface area contributed by atoms with Gasteiger partial charge in [-0.05, 0) is 5.56 Å². The highest BCUT2D eigenvalue weighted by atomic mass is 35.6. The highest BCUT2D eigenvalue weighted by Crippen LogP contribution is 2.57.